The zero-order chi connectivity index (χ0) is 13.9. The van der Waals surface area contributed by atoms with Crippen LogP contribution in [-0.2, 0) is 14.2 Å². The fourth-order valence-corrected chi connectivity index (χ4v) is 1.31. The first kappa shape index (κ1) is 17.8. The maximum absolute atomic E-state index is 5.54. The standard InChI is InChI=1S/C14H31NO3/c1-13(2)18-10-6-8-15-9-12-17-11-7-14(3,4)16-5/h13,15H,6-12H2,1-5H3. The second-order valence-electron chi connectivity index (χ2n) is 5.35. The minimum Gasteiger partial charge on any atom is -0.380 e. The molecule has 0 aliphatic heterocycles. The van der Waals surface area contributed by atoms with E-state index in [-0.39, 0.29) is 5.60 Å². The van der Waals surface area contributed by atoms with Crippen LogP contribution < -0.4 is 5.32 Å². The summed E-state index contributed by atoms with van der Waals surface area (Å²) in [6.45, 7) is 12.5. The topological polar surface area (TPSA) is 39.7 Å². The van der Waals surface area contributed by atoms with E-state index in [2.05, 4.69) is 33.0 Å². The van der Waals surface area contributed by atoms with E-state index in [9.17, 15) is 0 Å². The summed E-state index contributed by atoms with van der Waals surface area (Å²) in [6, 6.07) is 0. The van der Waals surface area contributed by atoms with Crippen molar-refractivity contribution in [2.24, 2.45) is 0 Å². The number of rotatable bonds is 12. The summed E-state index contributed by atoms with van der Waals surface area (Å²) in [7, 11) is 1.74. The third-order valence-electron chi connectivity index (χ3n) is 2.77. The first-order chi connectivity index (χ1) is 8.48. The molecule has 0 aromatic heterocycles. The minimum atomic E-state index is -0.0817. The third-order valence-corrected chi connectivity index (χ3v) is 2.77. The van der Waals surface area contributed by atoms with Crippen LogP contribution in [0.25, 0.3) is 0 Å². The Morgan fingerprint density at radius 3 is 2.39 bits per heavy atom. The van der Waals surface area contributed by atoms with Crippen LogP contribution >= 0.6 is 0 Å². The Balaban J connectivity index is 3.12. The van der Waals surface area contributed by atoms with Gasteiger partial charge in [-0.15, -0.1) is 0 Å². The molecule has 0 spiro atoms. The Hall–Kier alpha value is -0.160. The lowest BCUT2D eigenvalue weighted by Crippen LogP contribution is -2.26. The van der Waals surface area contributed by atoms with Crippen molar-refractivity contribution in [1.82, 2.24) is 5.32 Å². The van der Waals surface area contributed by atoms with E-state index in [0.717, 1.165) is 45.8 Å². The SMILES string of the molecule is COC(C)(C)CCOCCNCCCOC(C)C. The molecule has 0 aliphatic rings. The highest BCUT2D eigenvalue weighted by Gasteiger charge is 2.15. The molecule has 0 aliphatic carbocycles. The van der Waals surface area contributed by atoms with Crippen molar-refractivity contribution in [1.29, 1.82) is 0 Å². The average Bonchev–Trinajstić information content (AvgIpc) is 2.31. The zero-order valence-electron chi connectivity index (χ0n) is 12.8. The van der Waals surface area contributed by atoms with Crippen LogP contribution in [0.5, 0.6) is 0 Å². The maximum atomic E-state index is 5.54. The van der Waals surface area contributed by atoms with Crippen LogP contribution in [0.4, 0.5) is 0 Å². The van der Waals surface area contributed by atoms with E-state index < -0.39 is 0 Å². The van der Waals surface area contributed by atoms with Gasteiger partial charge in [-0.25, -0.2) is 0 Å². The van der Waals surface area contributed by atoms with Crippen molar-refractivity contribution < 1.29 is 14.2 Å². The Kier molecular flexibility index (Phi) is 10.6. The number of hydrogen-bond acceptors (Lipinski definition) is 4. The molecule has 0 saturated carbocycles. The summed E-state index contributed by atoms with van der Waals surface area (Å²) in [5.41, 5.74) is -0.0817. The number of nitrogens with one attached hydrogen (secondary N) is 1. The quantitative estimate of drug-likeness (QED) is 0.547. The summed E-state index contributed by atoms with van der Waals surface area (Å²) >= 11 is 0. The van der Waals surface area contributed by atoms with Crippen LogP contribution in [0.1, 0.15) is 40.5 Å². The van der Waals surface area contributed by atoms with Gasteiger partial charge in [0.15, 0.2) is 0 Å². The fraction of sp³-hybridized carbons (Fsp3) is 1.00. The molecule has 0 rings (SSSR count). The van der Waals surface area contributed by atoms with E-state index in [1.807, 2.05) is 0 Å². The lowest BCUT2D eigenvalue weighted by Gasteiger charge is -2.22. The number of methoxy groups -OCH3 is 1. The first-order valence-corrected chi connectivity index (χ1v) is 6.93. The van der Waals surface area contributed by atoms with Crippen LogP contribution in [-0.4, -0.2) is 51.7 Å². The second-order valence-corrected chi connectivity index (χ2v) is 5.35. The molecule has 0 amide bonds. The van der Waals surface area contributed by atoms with Gasteiger partial charge in [0.25, 0.3) is 0 Å². The summed E-state index contributed by atoms with van der Waals surface area (Å²) in [5, 5.41) is 3.33. The predicted octanol–water partition coefficient (Wildman–Crippen LogP) is 2.22. The molecule has 0 bridgehead atoms. The maximum Gasteiger partial charge on any atom is 0.0644 e. The third kappa shape index (κ3) is 12.3. The van der Waals surface area contributed by atoms with E-state index in [1.54, 1.807) is 7.11 Å². The first-order valence-electron chi connectivity index (χ1n) is 6.93. The van der Waals surface area contributed by atoms with Gasteiger partial charge in [0.1, 0.15) is 0 Å². The van der Waals surface area contributed by atoms with Gasteiger partial charge in [0.2, 0.25) is 0 Å². The van der Waals surface area contributed by atoms with Gasteiger partial charge in [-0.3, -0.25) is 0 Å². The Bertz CT molecular complexity index is 184. The molecule has 18 heavy (non-hydrogen) atoms. The Morgan fingerprint density at radius 1 is 1.06 bits per heavy atom. The molecule has 0 fully saturated rings. The van der Waals surface area contributed by atoms with E-state index in [1.165, 1.54) is 0 Å². The van der Waals surface area contributed by atoms with Crippen molar-refractivity contribution in [3.8, 4) is 0 Å². The van der Waals surface area contributed by atoms with Gasteiger partial charge >= 0.3 is 0 Å². The van der Waals surface area contributed by atoms with E-state index >= 15 is 0 Å². The van der Waals surface area contributed by atoms with Crippen molar-refractivity contribution in [2.45, 2.75) is 52.2 Å². The number of ether oxygens (including phenoxy) is 3. The van der Waals surface area contributed by atoms with Gasteiger partial charge < -0.3 is 19.5 Å². The summed E-state index contributed by atoms with van der Waals surface area (Å²) < 4.78 is 16.3. The van der Waals surface area contributed by atoms with E-state index in [0.29, 0.717) is 6.10 Å². The highest BCUT2D eigenvalue weighted by molar-refractivity contribution is 4.66. The average molecular weight is 261 g/mol. The summed E-state index contributed by atoms with van der Waals surface area (Å²) in [6.07, 6.45) is 2.30. The molecule has 0 heterocycles. The lowest BCUT2D eigenvalue weighted by molar-refractivity contribution is -0.00939. The predicted molar refractivity (Wildman–Crippen MR) is 75.1 cm³/mol. The Morgan fingerprint density at radius 2 is 1.78 bits per heavy atom. The van der Waals surface area contributed by atoms with Crippen molar-refractivity contribution >= 4 is 0 Å². The van der Waals surface area contributed by atoms with Gasteiger partial charge in [-0.05, 0) is 47.1 Å². The van der Waals surface area contributed by atoms with Crippen molar-refractivity contribution in [3.63, 3.8) is 0 Å². The molecule has 4 heteroatoms. The second kappa shape index (κ2) is 10.7. The zero-order valence-corrected chi connectivity index (χ0v) is 12.8. The van der Waals surface area contributed by atoms with E-state index in [4.69, 9.17) is 14.2 Å². The molecule has 0 saturated heterocycles. The van der Waals surface area contributed by atoms with Crippen molar-refractivity contribution in [2.75, 3.05) is 40.0 Å². The van der Waals surface area contributed by atoms with Crippen LogP contribution in [0.15, 0.2) is 0 Å². The highest BCUT2D eigenvalue weighted by atomic mass is 16.5. The highest BCUT2D eigenvalue weighted by Crippen LogP contribution is 2.12. The van der Waals surface area contributed by atoms with Crippen LogP contribution in [0, 0.1) is 0 Å². The largest absolute Gasteiger partial charge is 0.380 e. The van der Waals surface area contributed by atoms with Crippen LogP contribution in [0.2, 0.25) is 0 Å². The molecule has 0 atom stereocenters. The minimum absolute atomic E-state index is 0.0817. The lowest BCUT2D eigenvalue weighted by atomic mass is 10.1. The Labute approximate surface area is 112 Å². The smallest absolute Gasteiger partial charge is 0.0644 e. The molecule has 4 nitrogen and oxygen atoms in total. The van der Waals surface area contributed by atoms with Gasteiger partial charge in [-0.2, -0.15) is 0 Å². The van der Waals surface area contributed by atoms with Gasteiger partial charge in [0.05, 0.1) is 18.3 Å². The normalized spacial score (nSPS) is 12.3. The number of hydrogen-bond donors (Lipinski definition) is 1. The molecular weight excluding hydrogens is 230 g/mol. The fourth-order valence-electron chi connectivity index (χ4n) is 1.31. The van der Waals surface area contributed by atoms with Gasteiger partial charge in [-0.1, -0.05) is 0 Å². The summed E-state index contributed by atoms with van der Waals surface area (Å²) in [4.78, 5) is 0. The van der Waals surface area contributed by atoms with Crippen molar-refractivity contribution in [3.05, 3.63) is 0 Å². The van der Waals surface area contributed by atoms with Gasteiger partial charge in [0, 0.05) is 26.9 Å². The molecule has 0 aromatic carbocycles. The molecule has 0 aromatic rings. The molecule has 0 unspecified atom stereocenters. The van der Waals surface area contributed by atoms with Crippen LogP contribution in [0.3, 0.4) is 0 Å². The molecule has 110 valence electrons. The molecule has 0 radical (unpaired) electrons. The molecule has 1 N–H and O–H groups in total. The molecular formula is C14H31NO3. The summed E-state index contributed by atoms with van der Waals surface area (Å²) in [5.74, 6) is 0. The monoisotopic (exact) mass is 261 g/mol.